The lowest BCUT2D eigenvalue weighted by Gasteiger charge is -2.72. The number of rotatable bonds is 6. The van der Waals surface area contributed by atoms with Crippen molar-refractivity contribution in [1.82, 2.24) is 5.32 Å². The van der Waals surface area contributed by atoms with Gasteiger partial charge in [0, 0.05) is 23.6 Å². The minimum Gasteiger partial charge on any atom is -0.462 e. The summed E-state index contributed by atoms with van der Waals surface area (Å²) in [4.78, 5) is 54.7. The molecule has 1 amide bonds. The smallest absolute Gasteiger partial charge is 0.302 e. The summed E-state index contributed by atoms with van der Waals surface area (Å²) in [5.74, 6) is -0.0131. The van der Waals surface area contributed by atoms with Crippen molar-refractivity contribution in [3.63, 3.8) is 0 Å². The van der Waals surface area contributed by atoms with E-state index in [1.165, 1.54) is 6.92 Å². The van der Waals surface area contributed by atoms with Crippen LogP contribution in [0.25, 0.3) is 0 Å². The van der Waals surface area contributed by atoms with Crippen LogP contribution >= 0.6 is 11.3 Å². The first kappa shape index (κ1) is 32.7. The average Bonchev–Trinajstić information content (AvgIpc) is 3.59. The van der Waals surface area contributed by atoms with E-state index in [1.807, 2.05) is 17.5 Å². The van der Waals surface area contributed by atoms with Crippen molar-refractivity contribution >= 4 is 34.8 Å². The number of thiophene rings is 1. The van der Waals surface area contributed by atoms with Gasteiger partial charge >= 0.3 is 5.97 Å². The Labute approximate surface area is 273 Å². The molecule has 1 N–H and O–H groups in total. The van der Waals surface area contributed by atoms with Gasteiger partial charge in [0.15, 0.2) is 5.78 Å². The molecule has 0 saturated heterocycles. The number of amides is 1. The second-order valence-corrected chi connectivity index (χ2v) is 17.9. The van der Waals surface area contributed by atoms with Crippen molar-refractivity contribution in [3.05, 3.63) is 33.5 Å². The molecular weight excluding hydrogens is 582 g/mol. The first-order chi connectivity index (χ1) is 21.0. The van der Waals surface area contributed by atoms with Gasteiger partial charge in [-0.25, -0.2) is 0 Å². The lowest BCUT2D eigenvalue weighted by molar-refractivity contribution is -0.232. The number of hydrogen-bond donors (Lipinski definition) is 1. The van der Waals surface area contributed by atoms with E-state index in [4.69, 9.17) is 4.74 Å². The van der Waals surface area contributed by atoms with Crippen LogP contribution in [0.15, 0.2) is 28.7 Å². The van der Waals surface area contributed by atoms with Crippen LogP contribution in [0.2, 0.25) is 0 Å². The summed E-state index contributed by atoms with van der Waals surface area (Å²) in [6, 6.07) is 3.90. The predicted molar refractivity (Wildman–Crippen MR) is 176 cm³/mol. The normalized spacial score (nSPS) is 40.2. The molecule has 4 fully saturated rings. The number of carbonyl (C=O) groups excluding carboxylic acids is 4. The lowest BCUT2D eigenvalue weighted by Crippen LogP contribution is -2.66. The van der Waals surface area contributed by atoms with Gasteiger partial charge in [-0.05, 0) is 114 Å². The molecule has 45 heavy (non-hydrogen) atoms. The predicted octanol–water partition coefficient (Wildman–Crippen LogP) is 7.85. The fourth-order valence-electron chi connectivity index (χ4n) is 12.2. The Bertz CT molecular complexity index is 1440. The zero-order valence-electron chi connectivity index (χ0n) is 28.6. The quantitative estimate of drug-likeness (QED) is 0.254. The summed E-state index contributed by atoms with van der Waals surface area (Å²) in [7, 11) is 0. The van der Waals surface area contributed by atoms with Gasteiger partial charge in [0.2, 0.25) is 5.78 Å². The number of carbonyl (C=O) groups is 4. The van der Waals surface area contributed by atoms with Crippen molar-refractivity contribution in [3.8, 4) is 0 Å². The van der Waals surface area contributed by atoms with Gasteiger partial charge in [-0.1, -0.05) is 54.5 Å². The molecule has 5 aliphatic carbocycles. The number of ketones is 2. The molecule has 8 unspecified atom stereocenters. The number of nitrogens with one attached hydrogen (secondary N) is 1. The van der Waals surface area contributed by atoms with Crippen LogP contribution < -0.4 is 5.32 Å². The largest absolute Gasteiger partial charge is 0.462 e. The van der Waals surface area contributed by atoms with Gasteiger partial charge in [-0.15, -0.1) is 11.3 Å². The Kier molecular flexibility index (Phi) is 7.90. The molecule has 5 aliphatic rings. The van der Waals surface area contributed by atoms with Crippen molar-refractivity contribution in [1.29, 1.82) is 0 Å². The molecule has 0 radical (unpaired) electrons. The van der Waals surface area contributed by atoms with Gasteiger partial charge in [-0.2, -0.15) is 0 Å². The van der Waals surface area contributed by atoms with Crippen LogP contribution in [0, 0.1) is 50.7 Å². The minimum absolute atomic E-state index is 0.00911. The van der Waals surface area contributed by atoms with Gasteiger partial charge in [0.25, 0.3) is 5.91 Å². The van der Waals surface area contributed by atoms with Crippen molar-refractivity contribution in [2.45, 2.75) is 126 Å². The van der Waals surface area contributed by atoms with Gasteiger partial charge < -0.3 is 10.1 Å². The highest BCUT2D eigenvalue weighted by atomic mass is 32.1. The van der Waals surface area contributed by atoms with E-state index in [0.717, 1.165) is 61.0 Å². The van der Waals surface area contributed by atoms with Crippen LogP contribution in [0.5, 0.6) is 0 Å². The molecule has 1 aromatic heterocycles. The molecule has 0 aliphatic heterocycles. The first-order valence-corrected chi connectivity index (χ1v) is 18.2. The number of allylic oxidation sites excluding steroid dienone is 2. The molecule has 0 spiro atoms. The third-order valence-electron chi connectivity index (χ3n) is 14.3. The monoisotopic (exact) mass is 635 g/mol. The molecule has 7 heteroatoms. The highest BCUT2D eigenvalue weighted by Gasteiger charge is 2.71. The van der Waals surface area contributed by atoms with Crippen LogP contribution in [0.1, 0.15) is 118 Å². The molecule has 1 heterocycles. The fraction of sp³-hybridized carbons (Fsp3) is 0.737. The van der Waals surface area contributed by atoms with E-state index in [1.54, 1.807) is 11.3 Å². The third kappa shape index (κ3) is 4.59. The maximum absolute atomic E-state index is 14.3. The minimum atomic E-state index is -1.02. The Morgan fingerprint density at radius 2 is 1.69 bits per heavy atom. The lowest BCUT2D eigenvalue weighted by atomic mass is 9.33. The molecule has 0 bridgehead atoms. The second-order valence-electron chi connectivity index (χ2n) is 16.8. The van der Waals surface area contributed by atoms with Gasteiger partial charge in [0.1, 0.15) is 6.10 Å². The molecule has 8 atom stereocenters. The Hall–Kier alpha value is -2.28. The fourth-order valence-corrected chi connectivity index (χ4v) is 12.8. The molecule has 4 saturated carbocycles. The summed E-state index contributed by atoms with van der Waals surface area (Å²) in [6.07, 6.45) is 7.59. The number of hydrogen-bond acceptors (Lipinski definition) is 6. The SMILES string of the molecule is CC(=O)OC1CCC2(C)C(CCC3(C)C2CCC2C4=C(C(C)C)C(=O)CC4(C(=O)C(=O)NCc4cccs4)CCC23C)C1(C)C. The molecule has 6 rings (SSSR count). The Morgan fingerprint density at radius 3 is 2.33 bits per heavy atom. The number of ether oxygens (including phenoxy) is 1. The van der Waals surface area contributed by atoms with E-state index >= 15 is 0 Å². The summed E-state index contributed by atoms with van der Waals surface area (Å²) in [5, 5.41) is 4.86. The Morgan fingerprint density at radius 1 is 0.956 bits per heavy atom. The highest BCUT2D eigenvalue weighted by molar-refractivity contribution is 7.09. The van der Waals surface area contributed by atoms with Crippen molar-refractivity contribution < 1.29 is 23.9 Å². The van der Waals surface area contributed by atoms with E-state index in [0.29, 0.717) is 24.8 Å². The topological polar surface area (TPSA) is 89.5 Å². The van der Waals surface area contributed by atoms with Crippen molar-refractivity contribution in [2.24, 2.45) is 50.7 Å². The summed E-state index contributed by atoms with van der Waals surface area (Å²) < 4.78 is 5.91. The second kappa shape index (κ2) is 10.9. The number of esters is 1. The van der Waals surface area contributed by atoms with Gasteiger partial charge in [0.05, 0.1) is 12.0 Å². The maximum atomic E-state index is 14.3. The highest BCUT2D eigenvalue weighted by Crippen LogP contribution is 2.76. The number of Topliss-reactive ketones (excluding diaryl/α,β-unsaturated/α-hetero) is 2. The molecular formula is C38H53NO5S. The number of fused-ring (bicyclic) bond motifs is 7. The van der Waals surface area contributed by atoms with Crippen LogP contribution in [-0.4, -0.2) is 29.5 Å². The summed E-state index contributed by atoms with van der Waals surface area (Å²) in [5.41, 5.74) is 0.797. The van der Waals surface area contributed by atoms with E-state index in [2.05, 4.69) is 53.8 Å². The Balaban J connectivity index is 1.36. The zero-order chi connectivity index (χ0) is 32.7. The summed E-state index contributed by atoms with van der Waals surface area (Å²) in [6.45, 7) is 18.1. The first-order valence-electron chi connectivity index (χ1n) is 17.3. The standard InChI is InChI=1S/C38H53NO5S/c1-22(2)30-26(41)20-38(32(42)33(43)39-21-24-10-9-19-45-24)18-17-36(7)25(31(30)38)11-12-28-35(6)15-14-29(44-23(3)40)34(4,5)27(35)13-16-37(28,36)8/h9-10,19,22,25,27-29H,11-18,20-21H2,1-8H3,(H,39,43). The van der Waals surface area contributed by atoms with E-state index in [-0.39, 0.29) is 57.8 Å². The van der Waals surface area contributed by atoms with Crippen LogP contribution in [0.4, 0.5) is 0 Å². The molecule has 6 nitrogen and oxygen atoms in total. The molecule has 1 aromatic rings. The average molecular weight is 636 g/mol. The summed E-state index contributed by atoms with van der Waals surface area (Å²) >= 11 is 1.56. The molecule has 246 valence electrons. The zero-order valence-corrected chi connectivity index (χ0v) is 29.5. The maximum Gasteiger partial charge on any atom is 0.302 e. The van der Waals surface area contributed by atoms with Crippen molar-refractivity contribution in [2.75, 3.05) is 0 Å². The van der Waals surface area contributed by atoms with Crippen LogP contribution in [-0.2, 0) is 30.5 Å². The third-order valence-corrected chi connectivity index (χ3v) is 15.2. The van der Waals surface area contributed by atoms with Crippen LogP contribution in [0.3, 0.4) is 0 Å². The van der Waals surface area contributed by atoms with E-state index < -0.39 is 17.1 Å². The molecule has 0 aromatic carbocycles. The van der Waals surface area contributed by atoms with E-state index in [9.17, 15) is 19.2 Å². The van der Waals surface area contributed by atoms with Gasteiger partial charge in [-0.3, -0.25) is 19.2 Å².